The standard InChI is InChI=1S/C17H16FN3/c18-15-9-5-4-8-14(15)16(19)17-20-10-11-21(17)12-13-6-2-1-3-7-13/h1-11,16H,12,19H2. The summed E-state index contributed by atoms with van der Waals surface area (Å²) in [6, 6.07) is 16.0. The molecule has 21 heavy (non-hydrogen) atoms. The van der Waals surface area contributed by atoms with E-state index in [1.165, 1.54) is 6.07 Å². The van der Waals surface area contributed by atoms with Crippen molar-refractivity contribution in [3.8, 4) is 0 Å². The predicted molar refractivity (Wildman–Crippen MR) is 80.2 cm³/mol. The summed E-state index contributed by atoms with van der Waals surface area (Å²) >= 11 is 0. The van der Waals surface area contributed by atoms with Gasteiger partial charge in [-0.05, 0) is 11.6 Å². The normalized spacial score (nSPS) is 12.3. The fourth-order valence-electron chi connectivity index (χ4n) is 2.38. The van der Waals surface area contributed by atoms with Crippen LogP contribution in [-0.4, -0.2) is 9.55 Å². The molecule has 3 nitrogen and oxygen atoms in total. The summed E-state index contributed by atoms with van der Waals surface area (Å²) in [4.78, 5) is 4.30. The van der Waals surface area contributed by atoms with Crippen LogP contribution >= 0.6 is 0 Å². The topological polar surface area (TPSA) is 43.8 Å². The van der Waals surface area contributed by atoms with Crippen molar-refractivity contribution in [2.24, 2.45) is 5.73 Å². The minimum Gasteiger partial charge on any atom is -0.329 e. The van der Waals surface area contributed by atoms with Crippen LogP contribution in [0.25, 0.3) is 0 Å². The molecule has 3 rings (SSSR count). The molecule has 2 N–H and O–H groups in total. The average molecular weight is 281 g/mol. The molecule has 0 saturated carbocycles. The highest BCUT2D eigenvalue weighted by atomic mass is 19.1. The van der Waals surface area contributed by atoms with Gasteiger partial charge in [-0.25, -0.2) is 9.37 Å². The van der Waals surface area contributed by atoms with Crippen LogP contribution < -0.4 is 5.73 Å². The van der Waals surface area contributed by atoms with E-state index in [-0.39, 0.29) is 5.82 Å². The molecule has 0 radical (unpaired) electrons. The highest BCUT2D eigenvalue weighted by molar-refractivity contribution is 5.27. The second-order valence-corrected chi connectivity index (χ2v) is 4.90. The molecule has 2 aromatic carbocycles. The molecule has 106 valence electrons. The first-order valence-corrected chi connectivity index (χ1v) is 6.80. The summed E-state index contributed by atoms with van der Waals surface area (Å²) in [5.74, 6) is 0.350. The van der Waals surface area contributed by atoms with Crippen LogP contribution in [0.1, 0.15) is 23.0 Å². The summed E-state index contributed by atoms with van der Waals surface area (Å²) in [5, 5.41) is 0. The van der Waals surface area contributed by atoms with E-state index < -0.39 is 6.04 Å². The minimum atomic E-state index is -0.579. The van der Waals surface area contributed by atoms with Crippen molar-refractivity contribution in [2.45, 2.75) is 12.6 Å². The lowest BCUT2D eigenvalue weighted by Gasteiger charge is -2.15. The Labute approximate surface area is 122 Å². The molecule has 1 unspecified atom stereocenters. The quantitative estimate of drug-likeness (QED) is 0.798. The fourth-order valence-corrected chi connectivity index (χ4v) is 2.38. The van der Waals surface area contributed by atoms with Gasteiger partial charge >= 0.3 is 0 Å². The van der Waals surface area contributed by atoms with Crippen molar-refractivity contribution in [1.29, 1.82) is 0 Å². The smallest absolute Gasteiger partial charge is 0.130 e. The van der Waals surface area contributed by atoms with Crippen LogP contribution in [0.15, 0.2) is 67.0 Å². The molecule has 0 aliphatic heterocycles. The van der Waals surface area contributed by atoms with Gasteiger partial charge in [0.2, 0.25) is 0 Å². The third-order valence-corrected chi connectivity index (χ3v) is 3.46. The van der Waals surface area contributed by atoms with Crippen LogP contribution in [0, 0.1) is 5.82 Å². The van der Waals surface area contributed by atoms with E-state index in [0.717, 1.165) is 5.56 Å². The molecule has 1 aromatic heterocycles. The van der Waals surface area contributed by atoms with Gasteiger partial charge in [0.25, 0.3) is 0 Å². The Balaban J connectivity index is 1.90. The minimum absolute atomic E-state index is 0.306. The molecule has 0 bridgehead atoms. The number of imidazole rings is 1. The number of rotatable bonds is 4. The van der Waals surface area contributed by atoms with Crippen molar-refractivity contribution in [3.05, 3.63) is 89.8 Å². The number of hydrogen-bond acceptors (Lipinski definition) is 2. The van der Waals surface area contributed by atoms with E-state index in [9.17, 15) is 4.39 Å². The highest BCUT2D eigenvalue weighted by Crippen LogP contribution is 2.21. The predicted octanol–water partition coefficient (Wildman–Crippen LogP) is 3.12. The number of hydrogen-bond donors (Lipinski definition) is 1. The molecule has 0 aliphatic rings. The van der Waals surface area contributed by atoms with Crippen molar-refractivity contribution in [1.82, 2.24) is 9.55 Å². The Morgan fingerprint density at radius 1 is 1.05 bits per heavy atom. The third-order valence-electron chi connectivity index (χ3n) is 3.46. The van der Waals surface area contributed by atoms with Gasteiger partial charge in [0, 0.05) is 24.5 Å². The molecular formula is C17H16FN3. The molecule has 4 heteroatoms. The van der Waals surface area contributed by atoms with Crippen LogP contribution in [0.2, 0.25) is 0 Å². The van der Waals surface area contributed by atoms with Gasteiger partial charge in [0.05, 0.1) is 6.04 Å². The van der Waals surface area contributed by atoms with E-state index in [0.29, 0.717) is 17.9 Å². The number of benzene rings is 2. The van der Waals surface area contributed by atoms with Gasteiger partial charge in [-0.2, -0.15) is 0 Å². The van der Waals surface area contributed by atoms with Gasteiger partial charge in [0.1, 0.15) is 11.6 Å². The zero-order chi connectivity index (χ0) is 14.7. The summed E-state index contributed by atoms with van der Waals surface area (Å²) in [7, 11) is 0. The Bertz CT molecular complexity index is 722. The van der Waals surface area contributed by atoms with Crippen molar-refractivity contribution >= 4 is 0 Å². The lowest BCUT2D eigenvalue weighted by Crippen LogP contribution is -2.19. The van der Waals surface area contributed by atoms with Gasteiger partial charge < -0.3 is 10.3 Å². The number of nitrogens with zero attached hydrogens (tertiary/aromatic N) is 2. The third kappa shape index (κ3) is 2.85. The highest BCUT2D eigenvalue weighted by Gasteiger charge is 2.17. The Morgan fingerprint density at radius 3 is 2.52 bits per heavy atom. The number of nitrogens with two attached hydrogens (primary N) is 1. The van der Waals surface area contributed by atoms with Crippen molar-refractivity contribution in [3.63, 3.8) is 0 Å². The fraction of sp³-hybridized carbons (Fsp3) is 0.118. The second kappa shape index (κ2) is 5.89. The molecule has 0 aliphatic carbocycles. The second-order valence-electron chi connectivity index (χ2n) is 4.90. The van der Waals surface area contributed by atoms with Crippen LogP contribution in [-0.2, 0) is 6.54 Å². The average Bonchev–Trinajstić information content (AvgIpc) is 2.96. The molecule has 1 atom stereocenters. The molecular weight excluding hydrogens is 265 g/mol. The summed E-state index contributed by atoms with van der Waals surface area (Å²) in [5.41, 5.74) is 7.80. The monoisotopic (exact) mass is 281 g/mol. The first-order chi connectivity index (χ1) is 10.3. The van der Waals surface area contributed by atoms with E-state index in [1.54, 1.807) is 24.4 Å². The summed E-state index contributed by atoms with van der Waals surface area (Å²) in [6.07, 6.45) is 3.56. The van der Waals surface area contributed by atoms with E-state index in [1.807, 2.05) is 41.1 Å². The maximum atomic E-state index is 13.9. The maximum absolute atomic E-state index is 13.9. The first kappa shape index (κ1) is 13.5. The molecule has 0 amide bonds. The molecule has 1 heterocycles. The number of halogens is 1. The van der Waals surface area contributed by atoms with Crippen LogP contribution in [0.4, 0.5) is 4.39 Å². The maximum Gasteiger partial charge on any atom is 0.130 e. The first-order valence-electron chi connectivity index (χ1n) is 6.80. The summed E-state index contributed by atoms with van der Waals surface area (Å²) < 4.78 is 15.8. The molecule has 0 saturated heterocycles. The van der Waals surface area contributed by atoms with Crippen molar-refractivity contribution < 1.29 is 4.39 Å². The van der Waals surface area contributed by atoms with E-state index >= 15 is 0 Å². The van der Waals surface area contributed by atoms with Gasteiger partial charge in [-0.1, -0.05) is 48.5 Å². The molecule has 0 spiro atoms. The van der Waals surface area contributed by atoms with Gasteiger partial charge in [-0.15, -0.1) is 0 Å². The summed E-state index contributed by atoms with van der Waals surface area (Å²) in [6.45, 7) is 0.665. The zero-order valence-electron chi connectivity index (χ0n) is 11.5. The SMILES string of the molecule is NC(c1ccccc1F)c1nccn1Cc1ccccc1. The Hall–Kier alpha value is -2.46. The van der Waals surface area contributed by atoms with Gasteiger partial charge in [-0.3, -0.25) is 0 Å². The Kier molecular flexibility index (Phi) is 3.79. The van der Waals surface area contributed by atoms with Crippen LogP contribution in [0.3, 0.4) is 0 Å². The number of aromatic nitrogens is 2. The van der Waals surface area contributed by atoms with Crippen molar-refractivity contribution in [2.75, 3.05) is 0 Å². The van der Waals surface area contributed by atoms with E-state index in [2.05, 4.69) is 4.98 Å². The molecule has 0 fully saturated rings. The molecule has 3 aromatic rings. The van der Waals surface area contributed by atoms with E-state index in [4.69, 9.17) is 5.73 Å². The lowest BCUT2D eigenvalue weighted by molar-refractivity contribution is 0.583. The largest absolute Gasteiger partial charge is 0.329 e. The lowest BCUT2D eigenvalue weighted by atomic mass is 10.1. The zero-order valence-corrected chi connectivity index (χ0v) is 11.5. The van der Waals surface area contributed by atoms with Gasteiger partial charge in [0.15, 0.2) is 0 Å². The van der Waals surface area contributed by atoms with Crippen LogP contribution in [0.5, 0.6) is 0 Å². The Morgan fingerprint density at radius 2 is 1.76 bits per heavy atom.